The SMILES string of the molecule is COc1cc2c(c(OC)c1OC)-c1ccc(=O)c(OS(=O)(=O)c3ccc(C)cc3)cc1CC=C2. The highest BCUT2D eigenvalue weighted by Crippen LogP contribution is 2.48. The molecule has 3 aromatic carbocycles. The van der Waals surface area contributed by atoms with Crippen LogP contribution >= 0.6 is 0 Å². The van der Waals surface area contributed by atoms with Crippen molar-refractivity contribution < 1.29 is 26.8 Å². The molecule has 1 aliphatic rings. The van der Waals surface area contributed by atoms with Crippen LogP contribution in [0, 0.1) is 6.92 Å². The van der Waals surface area contributed by atoms with Crippen LogP contribution in [0.3, 0.4) is 0 Å². The number of ether oxygens (including phenoxy) is 3. The molecule has 0 aromatic heterocycles. The van der Waals surface area contributed by atoms with E-state index in [1.807, 2.05) is 25.1 Å². The van der Waals surface area contributed by atoms with Gasteiger partial charge >= 0.3 is 10.1 Å². The van der Waals surface area contributed by atoms with Gasteiger partial charge in [-0.15, -0.1) is 0 Å². The van der Waals surface area contributed by atoms with E-state index in [1.54, 1.807) is 25.3 Å². The predicted molar refractivity (Wildman–Crippen MR) is 130 cm³/mol. The van der Waals surface area contributed by atoms with Gasteiger partial charge in [0, 0.05) is 5.56 Å². The van der Waals surface area contributed by atoms with Crippen molar-refractivity contribution >= 4 is 16.2 Å². The number of fused-ring (bicyclic) bond motifs is 3. The van der Waals surface area contributed by atoms with E-state index in [9.17, 15) is 13.2 Å². The van der Waals surface area contributed by atoms with E-state index in [0.29, 0.717) is 40.4 Å². The molecule has 0 atom stereocenters. The third kappa shape index (κ3) is 4.24. The molecule has 0 saturated heterocycles. The molecule has 8 heteroatoms. The van der Waals surface area contributed by atoms with Crippen LogP contribution in [0.2, 0.25) is 0 Å². The summed E-state index contributed by atoms with van der Waals surface area (Å²) in [6, 6.07) is 12.5. The lowest BCUT2D eigenvalue weighted by molar-refractivity contribution is 0.325. The van der Waals surface area contributed by atoms with Gasteiger partial charge in [0.15, 0.2) is 17.2 Å². The summed E-state index contributed by atoms with van der Waals surface area (Å²) in [5.74, 6) is 1.08. The van der Waals surface area contributed by atoms with Gasteiger partial charge in [-0.05, 0) is 66.4 Å². The molecule has 0 saturated carbocycles. The normalized spacial score (nSPS) is 12.2. The molecule has 0 unspecified atom stereocenters. The molecule has 4 rings (SSSR count). The summed E-state index contributed by atoms with van der Waals surface area (Å²) in [6.07, 6.45) is 4.27. The minimum absolute atomic E-state index is 0.0289. The summed E-state index contributed by atoms with van der Waals surface area (Å²) in [5.41, 5.74) is 3.24. The Morgan fingerprint density at radius 2 is 1.53 bits per heavy atom. The smallest absolute Gasteiger partial charge is 0.339 e. The average molecular weight is 481 g/mol. The second-order valence-electron chi connectivity index (χ2n) is 7.71. The molecule has 7 nitrogen and oxygen atoms in total. The van der Waals surface area contributed by atoms with Gasteiger partial charge in [-0.25, -0.2) is 0 Å². The minimum Gasteiger partial charge on any atom is -0.493 e. The second-order valence-corrected chi connectivity index (χ2v) is 9.26. The Hall–Kier alpha value is -3.78. The lowest BCUT2D eigenvalue weighted by atomic mass is 9.96. The van der Waals surface area contributed by atoms with Crippen LogP contribution in [-0.4, -0.2) is 29.7 Å². The van der Waals surface area contributed by atoms with E-state index in [4.69, 9.17) is 18.4 Å². The first kappa shape index (κ1) is 23.4. The first-order chi connectivity index (χ1) is 16.3. The molecule has 0 amide bonds. The standard InChI is InChI=1S/C26H24O7S/c1-16-8-10-19(11-9-16)34(28,29)33-22-14-17-6-5-7-18-15-23(30-2)25(31-3)26(32-4)24(18)20(17)12-13-21(22)27/h5,7-15H,6H2,1-4H3. The Morgan fingerprint density at radius 3 is 2.18 bits per heavy atom. The monoisotopic (exact) mass is 480 g/mol. The molecule has 34 heavy (non-hydrogen) atoms. The Labute approximate surface area is 198 Å². The van der Waals surface area contributed by atoms with Gasteiger partial charge in [-0.2, -0.15) is 8.42 Å². The fraction of sp³-hybridized carbons (Fsp3) is 0.192. The van der Waals surface area contributed by atoms with Gasteiger partial charge in [-0.3, -0.25) is 4.79 Å². The van der Waals surface area contributed by atoms with Crippen LogP contribution in [-0.2, 0) is 16.5 Å². The molecule has 0 N–H and O–H groups in total. The third-order valence-corrected chi connectivity index (χ3v) is 6.82. The van der Waals surface area contributed by atoms with Crippen molar-refractivity contribution in [2.24, 2.45) is 0 Å². The number of allylic oxidation sites excluding steroid dienone is 1. The van der Waals surface area contributed by atoms with Gasteiger partial charge in [0.2, 0.25) is 11.2 Å². The molecule has 0 heterocycles. The van der Waals surface area contributed by atoms with Gasteiger partial charge < -0.3 is 18.4 Å². The van der Waals surface area contributed by atoms with E-state index < -0.39 is 15.5 Å². The largest absolute Gasteiger partial charge is 0.493 e. The summed E-state index contributed by atoms with van der Waals surface area (Å²) in [5, 5.41) is 0. The molecule has 3 aromatic rings. The Morgan fingerprint density at radius 1 is 0.824 bits per heavy atom. The molecule has 1 aliphatic carbocycles. The zero-order valence-corrected chi connectivity index (χ0v) is 20.1. The number of benzene rings is 2. The summed E-state index contributed by atoms with van der Waals surface area (Å²) >= 11 is 0. The van der Waals surface area contributed by atoms with Crippen LogP contribution < -0.4 is 23.8 Å². The van der Waals surface area contributed by atoms with E-state index in [0.717, 1.165) is 11.1 Å². The van der Waals surface area contributed by atoms with Gasteiger partial charge in [-0.1, -0.05) is 29.8 Å². The fourth-order valence-electron chi connectivity index (χ4n) is 3.90. The van der Waals surface area contributed by atoms with Crippen molar-refractivity contribution in [3.05, 3.63) is 81.5 Å². The Kier molecular flexibility index (Phi) is 6.34. The zero-order valence-electron chi connectivity index (χ0n) is 19.2. The maximum Gasteiger partial charge on any atom is 0.339 e. The average Bonchev–Trinajstić information content (AvgIpc) is 3.08. The molecule has 0 bridgehead atoms. The van der Waals surface area contributed by atoms with Crippen molar-refractivity contribution in [1.82, 2.24) is 0 Å². The number of rotatable bonds is 6. The number of methoxy groups -OCH3 is 3. The maximum atomic E-state index is 12.8. The third-order valence-electron chi connectivity index (χ3n) is 5.57. The van der Waals surface area contributed by atoms with Crippen LogP contribution in [0.15, 0.2) is 64.3 Å². The van der Waals surface area contributed by atoms with Crippen molar-refractivity contribution in [3.8, 4) is 34.1 Å². The number of hydrogen-bond donors (Lipinski definition) is 0. The van der Waals surface area contributed by atoms with E-state index in [1.165, 1.54) is 38.5 Å². The lowest BCUT2D eigenvalue weighted by Gasteiger charge is -2.18. The molecule has 0 spiro atoms. The first-order valence-electron chi connectivity index (χ1n) is 10.5. The summed E-state index contributed by atoms with van der Waals surface area (Å²) in [6.45, 7) is 1.85. The molecular weight excluding hydrogens is 456 g/mol. The van der Waals surface area contributed by atoms with Crippen LogP contribution in [0.25, 0.3) is 17.2 Å². The molecule has 176 valence electrons. The molecule has 0 fully saturated rings. The fourth-order valence-corrected chi connectivity index (χ4v) is 4.83. The highest BCUT2D eigenvalue weighted by atomic mass is 32.2. The summed E-state index contributed by atoms with van der Waals surface area (Å²) < 4.78 is 47.7. The topological polar surface area (TPSA) is 88.1 Å². The van der Waals surface area contributed by atoms with E-state index in [-0.39, 0.29) is 10.6 Å². The molecule has 0 radical (unpaired) electrons. The quantitative estimate of drug-likeness (QED) is 0.484. The van der Waals surface area contributed by atoms with Crippen LogP contribution in [0.1, 0.15) is 16.7 Å². The van der Waals surface area contributed by atoms with Gasteiger partial charge in [0.25, 0.3) is 0 Å². The minimum atomic E-state index is -4.19. The van der Waals surface area contributed by atoms with Crippen molar-refractivity contribution in [2.75, 3.05) is 21.3 Å². The predicted octanol–water partition coefficient (Wildman–Crippen LogP) is 4.39. The summed E-state index contributed by atoms with van der Waals surface area (Å²) in [4.78, 5) is 12.8. The first-order valence-corrected chi connectivity index (χ1v) is 11.9. The van der Waals surface area contributed by atoms with Crippen LogP contribution in [0.5, 0.6) is 23.0 Å². The number of aryl methyl sites for hydroxylation is 1. The Balaban J connectivity index is 1.90. The van der Waals surface area contributed by atoms with E-state index >= 15 is 0 Å². The zero-order chi connectivity index (χ0) is 24.5. The van der Waals surface area contributed by atoms with Gasteiger partial charge in [0.05, 0.1) is 21.3 Å². The number of hydrogen-bond acceptors (Lipinski definition) is 7. The van der Waals surface area contributed by atoms with Crippen molar-refractivity contribution in [2.45, 2.75) is 18.2 Å². The highest BCUT2D eigenvalue weighted by Gasteiger charge is 2.25. The molecule has 0 aliphatic heterocycles. The van der Waals surface area contributed by atoms with Crippen molar-refractivity contribution in [1.29, 1.82) is 0 Å². The van der Waals surface area contributed by atoms with Gasteiger partial charge in [0.1, 0.15) is 4.90 Å². The van der Waals surface area contributed by atoms with E-state index in [2.05, 4.69) is 0 Å². The maximum absolute atomic E-state index is 12.8. The van der Waals surface area contributed by atoms with Crippen LogP contribution in [0.4, 0.5) is 0 Å². The lowest BCUT2D eigenvalue weighted by Crippen LogP contribution is -2.14. The van der Waals surface area contributed by atoms with Crippen molar-refractivity contribution in [3.63, 3.8) is 0 Å². The highest BCUT2D eigenvalue weighted by molar-refractivity contribution is 7.87. The summed E-state index contributed by atoms with van der Waals surface area (Å²) in [7, 11) is 0.392. The molecular formula is C26H24O7S. The second kappa shape index (κ2) is 9.23. The Bertz CT molecular complexity index is 1440.